The topological polar surface area (TPSA) is 72.0 Å². The Morgan fingerprint density at radius 2 is 2.21 bits per heavy atom. The van der Waals surface area contributed by atoms with Crippen molar-refractivity contribution < 1.29 is 19.4 Å². The molecule has 1 saturated heterocycles. The molecule has 2 heterocycles. The number of esters is 1. The van der Waals surface area contributed by atoms with Gasteiger partial charge in [-0.15, -0.1) is 0 Å². The third-order valence-corrected chi connectivity index (χ3v) is 4.61. The molecule has 5 heteroatoms. The minimum absolute atomic E-state index is 0.0321. The summed E-state index contributed by atoms with van der Waals surface area (Å²) in [5.74, 6) is 5.61. The molecule has 5 nitrogen and oxygen atoms in total. The third kappa shape index (κ3) is 8.24. The van der Waals surface area contributed by atoms with Gasteiger partial charge in [-0.25, -0.2) is 4.98 Å². The van der Waals surface area contributed by atoms with Crippen molar-refractivity contribution in [2.75, 3.05) is 7.11 Å². The quantitative estimate of drug-likeness (QED) is 0.204. The Morgan fingerprint density at radius 1 is 1.36 bits per heavy atom. The summed E-state index contributed by atoms with van der Waals surface area (Å²) in [6, 6.07) is 5.66. The van der Waals surface area contributed by atoms with Gasteiger partial charge in [0.2, 0.25) is 0 Å². The molecule has 0 amide bonds. The first-order chi connectivity index (χ1) is 13.6. The summed E-state index contributed by atoms with van der Waals surface area (Å²) in [4.78, 5) is 15.7. The van der Waals surface area contributed by atoms with Gasteiger partial charge in [0.15, 0.2) is 0 Å². The fourth-order valence-corrected chi connectivity index (χ4v) is 2.92. The normalized spacial score (nSPS) is 19.1. The maximum Gasteiger partial charge on any atom is 0.305 e. The molecular formula is C23H31NO4. The Labute approximate surface area is 168 Å². The predicted molar refractivity (Wildman–Crippen MR) is 109 cm³/mol. The highest BCUT2D eigenvalue weighted by molar-refractivity contribution is 5.69. The lowest BCUT2D eigenvalue weighted by Gasteiger charge is -1.99. The minimum atomic E-state index is -0.684. The second-order valence-corrected chi connectivity index (χ2v) is 7.00. The molecule has 0 radical (unpaired) electrons. The van der Waals surface area contributed by atoms with Crippen LogP contribution < -0.4 is 0 Å². The summed E-state index contributed by atoms with van der Waals surface area (Å²) in [5.41, 5.74) is 1.48. The van der Waals surface area contributed by atoms with Crippen LogP contribution in [0.15, 0.2) is 30.4 Å². The van der Waals surface area contributed by atoms with Crippen LogP contribution in [0.2, 0.25) is 0 Å². The minimum Gasteiger partial charge on any atom is -0.469 e. The first-order valence-electron chi connectivity index (χ1n) is 10.2. The molecule has 3 unspecified atom stereocenters. The number of carbonyl (C=O) groups is 1. The van der Waals surface area contributed by atoms with Crippen LogP contribution in [-0.2, 0) is 14.3 Å². The van der Waals surface area contributed by atoms with Crippen LogP contribution >= 0.6 is 0 Å². The lowest BCUT2D eigenvalue weighted by Crippen LogP contribution is -2.01. The molecule has 0 aromatic carbocycles. The van der Waals surface area contributed by atoms with E-state index in [1.54, 1.807) is 0 Å². The second-order valence-electron chi connectivity index (χ2n) is 7.00. The largest absolute Gasteiger partial charge is 0.469 e. The Kier molecular flexibility index (Phi) is 9.74. The molecule has 3 atom stereocenters. The van der Waals surface area contributed by atoms with Crippen LogP contribution in [0.1, 0.15) is 75.8 Å². The summed E-state index contributed by atoms with van der Waals surface area (Å²) < 4.78 is 10.3. The number of hydrogen-bond acceptors (Lipinski definition) is 5. The standard InChI is InChI=1S/C23H31NO4/c1-3-4-5-6-7-8-12-19(25)17-16-18-11-9-13-20(24-18)23-21(28-23)14-10-15-22(26)27-2/h7-9,11,13,19,21,23,25H,3-6,10,12,14-15H2,1-2H3. The SMILES string of the molecule is CCCCCC=CCC(O)C#Cc1cccc(C2OC2CCCC(=O)OC)n1. The van der Waals surface area contributed by atoms with Crippen LogP contribution in [0.4, 0.5) is 0 Å². The van der Waals surface area contributed by atoms with Crippen molar-refractivity contribution in [3.8, 4) is 11.8 Å². The number of rotatable bonds is 11. The number of carbonyl (C=O) groups excluding carboxylic acids is 1. The highest BCUT2D eigenvalue weighted by Gasteiger charge is 2.40. The number of unbranched alkanes of at least 4 members (excludes halogenated alkanes) is 3. The molecule has 1 aliphatic heterocycles. The van der Waals surface area contributed by atoms with Crippen molar-refractivity contribution in [1.82, 2.24) is 4.98 Å². The zero-order valence-electron chi connectivity index (χ0n) is 16.9. The summed E-state index contributed by atoms with van der Waals surface area (Å²) in [6.07, 6.45) is 10.7. The van der Waals surface area contributed by atoms with E-state index in [-0.39, 0.29) is 18.2 Å². The number of nitrogens with zero attached hydrogens (tertiary/aromatic N) is 1. The number of epoxide rings is 1. The van der Waals surface area contributed by atoms with Gasteiger partial charge < -0.3 is 14.6 Å². The Balaban J connectivity index is 1.76. The van der Waals surface area contributed by atoms with Crippen LogP contribution in [0.5, 0.6) is 0 Å². The van der Waals surface area contributed by atoms with E-state index < -0.39 is 6.10 Å². The number of allylic oxidation sites excluding steroid dienone is 1. The number of hydrogen-bond donors (Lipinski definition) is 1. The number of pyridine rings is 1. The third-order valence-electron chi connectivity index (χ3n) is 4.61. The van der Waals surface area contributed by atoms with E-state index in [9.17, 15) is 9.90 Å². The van der Waals surface area contributed by atoms with Crippen molar-refractivity contribution >= 4 is 5.97 Å². The summed E-state index contributed by atoms with van der Waals surface area (Å²) >= 11 is 0. The number of aliphatic hydroxyl groups is 1. The average molecular weight is 386 g/mol. The van der Waals surface area contributed by atoms with Gasteiger partial charge in [0, 0.05) is 12.8 Å². The summed E-state index contributed by atoms with van der Waals surface area (Å²) in [5, 5.41) is 9.99. The van der Waals surface area contributed by atoms with Gasteiger partial charge >= 0.3 is 5.97 Å². The smallest absolute Gasteiger partial charge is 0.305 e. The van der Waals surface area contributed by atoms with E-state index in [0.29, 0.717) is 18.5 Å². The summed E-state index contributed by atoms with van der Waals surface area (Å²) in [6.45, 7) is 2.19. The van der Waals surface area contributed by atoms with Gasteiger partial charge in [-0.3, -0.25) is 4.79 Å². The number of aromatic nitrogens is 1. The molecule has 1 N–H and O–H groups in total. The molecule has 1 aromatic heterocycles. The number of ether oxygens (including phenoxy) is 2. The molecule has 28 heavy (non-hydrogen) atoms. The molecule has 0 bridgehead atoms. The van der Waals surface area contributed by atoms with E-state index in [1.807, 2.05) is 24.3 Å². The van der Waals surface area contributed by atoms with Crippen LogP contribution in [0, 0.1) is 11.8 Å². The maximum absolute atomic E-state index is 11.1. The van der Waals surface area contributed by atoms with Crippen molar-refractivity contribution in [2.45, 2.75) is 76.6 Å². The van der Waals surface area contributed by atoms with Gasteiger partial charge in [0.25, 0.3) is 0 Å². The van der Waals surface area contributed by atoms with Gasteiger partial charge in [-0.1, -0.05) is 43.9 Å². The Bertz CT molecular complexity index is 704. The van der Waals surface area contributed by atoms with Crippen molar-refractivity contribution in [3.63, 3.8) is 0 Å². The molecule has 1 fully saturated rings. The molecule has 1 aromatic rings. The molecule has 0 spiro atoms. The van der Waals surface area contributed by atoms with E-state index >= 15 is 0 Å². The van der Waals surface area contributed by atoms with Crippen molar-refractivity contribution in [1.29, 1.82) is 0 Å². The molecular weight excluding hydrogens is 354 g/mol. The van der Waals surface area contributed by atoms with Crippen LogP contribution in [0.25, 0.3) is 0 Å². The first-order valence-corrected chi connectivity index (χ1v) is 10.2. The fourth-order valence-electron chi connectivity index (χ4n) is 2.92. The van der Waals surface area contributed by atoms with Crippen LogP contribution in [-0.4, -0.2) is 35.4 Å². The molecule has 0 saturated carbocycles. The number of methoxy groups -OCH3 is 1. The first kappa shape index (κ1) is 22.1. The van der Waals surface area contributed by atoms with Crippen molar-refractivity contribution in [2.24, 2.45) is 0 Å². The zero-order valence-corrected chi connectivity index (χ0v) is 16.9. The molecule has 1 aliphatic rings. The van der Waals surface area contributed by atoms with E-state index in [4.69, 9.17) is 4.74 Å². The van der Waals surface area contributed by atoms with E-state index in [0.717, 1.165) is 25.0 Å². The summed E-state index contributed by atoms with van der Waals surface area (Å²) in [7, 11) is 1.40. The predicted octanol–water partition coefficient (Wildman–Crippen LogP) is 4.10. The molecule has 2 rings (SSSR count). The second kappa shape index (κ2) is 12.3. The maximum atomic E-state index is 11.1. The number of aliphatic hydroxyl groups excluding tert-OH is 1. The molecule has 152 valence electrons. The van der Waals surface area contributed by atoms with E-state index in [1.165, 1.54) is 26.4 Å². The van der Waals surface area contributed by atoms with Crippen molar-refractivity contribution in [3.05, 3.63) is 41.7 Å². The lowest BCUT2D eigenvalue weighted by atomic mass is 10.1. The Morgan fingerprint density at radius 3 is 3.00 bits per heavy atom. The van der Waals surface area contributed by atoms with Crippen LogP contribution in [0.3, 0.4) is 0 Å². The van der Waals surface area contributed by atoms with Gasteiger partial charge in [0.1, 0.15) is 17.9 Å². The average Bonchev–Trinajstić information content (AvgIpc) is 3.48. The van der Waals surface area contributed by atoms with Gasteiger partial charge in [0.05, 0.1) is 18.9 Å². The Hall–Kier alpha value is -2.16. The van der Waals surface area contributed by atoms with E-state index in [2.05, 4.69) is 34.6 Å². The zero-order chi connectivity index (χ0) is 20.2. The van der Waals surface area contributed by atoms with Gasteiger partial charge in [-0.2, -0.15) is 0 Å². The molecule has 0 aliphatic carbocycles. The lowest BCUT2D eigenvalue weighted by molar-refractivity contribution is -0.140. The monoisotopic (exact) mass is 385 g/mol. The highest BCUT2D eigenvalue weighted by Crippen LogP contribution is 2.40. The fraction of sp³-hybridized carbons (Fsp3) is 0.565. The van der Waals surface area contributed by atoms with Gasteiger partial charge in [-0.05, 0) is 43.7 Å². The highest BCUT2D eigenvalue weighted by atomic mass is 16.6.